The molecule has 0 bridgehead atoms. The first-order valence-corrected chi connectivity index (χ1v) is 9.42. The Balaban J connectivity index is 1.58. The number of β-amino-alcohol motifs (C(OH)–C–C–N with tert-alkyl or cyclic N) is 1. The number of hydrogen-bond acceptors (Lipinski definition) is 5. The second kappa shape index (κ2) is 7.55. The van der Waals surface area contributed by atoms with Crippen LogP contribution in [0.3, 0.4) is 0 Å². The zero-order chi connectivity index (χ0) is 17.1. The van der Waals surface area contributed by atoms with E-state index in [1.54, 1.807) is 16.7 Å². The molecule has 2 amide bonds. The third-order valence-electron chi connectivity index (χ3n) is 4.70. The van der Waals surface area contributed by atoms with Gasteiger partial charge in [0.25, 0.3) is 0 Å². The molecule has 2 aliphatic heterocycles. The van der Waals surface area contributed by atoms with Crippen LogP contribution < -0.4 is 15.5 Å². The summed E-state index contributed by atoms with van der Waals surface area (Å²) in [5.74, 6) is -0.413. The molecule has 0 aliphatic carbocycles. The standard InChI is InChI=1S/C17H23N3O3S/c1-24-14-4-2-3-13(6-14)20-10-11(5-16(20)22)17(23)19-8-12-7-18-9-15(12)21/h2-4,6,11-12,15,18,21H,5,7-10H2,1H3,(H,19,23). The maximum Gasteiger partial charge on any atom is 0.227 e. The van der Waals surface area contributed by atoms with Crippen molar-refractivity contribution in [2.24, 2.45) is 11.8 Å². The molecule has 2 heterocycles. The second-order valence-corrected chi connectivity index (χ2v) is 7.22. The van der Waals surface area contributed by atoms with Gasteiger partial charge in [-0.25, -0.2) is 0 Å². The van der Waals surface area contributed by atoms with Crippen molar-refractivity contribution in [3.8, 4) is 0 Å². The molecule has 0 radical (unpaired) electrons. The van der Waals surface area contributed by atoms with Crippen LogP contribution in [0.25, 0.3) is 0 Å². The number of carbonyl (C=O) groups excluding carboxylic acids is 2. The smallest absolute Gasteiger partial charge is 0.227 e. The Kier molecular flexibility index (Phi) is 5.43. The molecule has 2 fully saturated rings. The van der Waals surface area contributed by atoms with Crippen molar-refractivity contribution < 1.29 is 14.7 Å². The van der Waals surface area contributed by atoms with Gasteiger partial charge in [-0.15, -0.1) is 11.8 Å². The average molecular weight is 349 g/mol. The number of carbonyl (C=O) groups is 2. The maximum atomic E-state index is 12.4. The van der Waals surface area contributed by atoms with Crippen molar-refractivity contribution in [2.45, 2.75) is 17.4 Å². The predicted octanol–water partition coefficient (Wildman–Crippen LogP) is 0.458. The summed E-state index contributed by atoms with van der Waals surface area (Å²) in [5.41, 5.74) is 0.845. The molecule has 7 heteroatoms. The Bertz CT molecular complexity index is 625. The molecule has 24 heavy (non-hydrogen) atoms. The molecule has 130 valence electrons. The van der Waals surface area contributed by atoms with E-state index in [-0.39, 0.29) is 30.1 Å². The van der Waals surface area contributed by atoms with Crippen molar-refractivity contribution >= 4 is 29.3 Å². The van der Waals surface area contributed by atoms with E-state index in [4.69, 9.17) is 0 Å². The van der Waals surface area contributed by atoms with E-state index < -0.39 is 6.10 Å². The Labute approximate surface area is 146 Å². The highest BCUT2D eigenvalue weighted by Crippen LogP contribution is 2.28. The Hall–Kier alpha value is -1.57. The van der Waals surface area contributed by atoms with Crippen LogP contribution >= 0.6 is 11.8 Å². The van der Waals surface area contributed by atoms with Crippen LogP contribution in [0.15, 0.2) is 29.2 Å². The summed E-state index contributed by atoms with van der Waals surface area (Å²) in [6.07, 6.45) is 1.81. The first-order chi connectivity index (χ1) is 11.6. The normalized spacial score (nSPS) is 26.8. The number of nitrogens with one attached hydrogen (secondary N) is 2. The summed E-state index contributed by atoms with van der Waals surface area (Å²) in [4.78, 5) is 27.4. The average Bonchev–Trinajstić information content (AvgIpc) is 3.18. The SMILES string of the molecule is CSc1cccc(N2CC(C(=O)NCC3CNCC3O)CC2=O)c1. The number of hydrogen-bond donors (Lipinski definition) is 3. The fourth-order valence-corrected chi connectivity index (χ4v) is 3.67. The minimum absolute atomic E-state index is 0.0176. The van der Waals surface area contributed by atoms with E-state index in [1.807, 2.05) is 30.5 Å². The van der Waals surface area contributed by atoms with Crippen molar-refractivity contribution in [3.05, 3.63) is 24.3 Å². The van der Waals surface area contributed by atoms with Gasteiger partial charge >= 0.3 is 0 Å². The van der Waals surface area contributed by atoms with Crippen LogP contribution in [0, 0.1) is 11.8 Å². The molecule has 1 aromatic rings. The Morgan fingerprint density at radius 1 is 1.46 bits per heavy atom. The molecule has 3 N–H and O–H groups in total. The third kappa shape index (κ3) is 3.74. The van der Waals surface area contributed by atoms with E-state index in [2.05, 4.69) is 10.6 Å². The number of thioether (sulfide) groups is 1. The quantitative estimate of drug-likeness (QED) is 0.673. The number of benzene rings is 1. The zero-order valence-corrected chi connectivity index (χ0v) is 14.5. The summed E-state index contributed by atoms with van der Waals surface area (Å²) in [7, 11) is 0. The Morgan fingerprint density at radius 2 is 2.29 bits per heavy atom. The van der Waals surface area contributed by atoms with Crippen LogP contribution in [0.5, 0.6) is 0 Å². The molecule has 0 saturated carbocycles. The van der Waals surface area contributed by atoms with Gasteiger partial charge in [0, 0.05) is 49.1 Å². The second-order valence-electron chi connectivity index (χ2n) is 6.34. The van der Waals surface area contributed by atoms with Gasteiger partial charge in [0.1, 0.15) is 0 Å². The van der Waals surface area contributed by atoms with Crippen molar-refractivity contribution in [2.75, 3.05) is 37.3 Å². The highest BCUT2D eigenvalue weighted by atomic mass is 32.2. The number of anilines is 1. The summed E-state index contributed by atoms with van der Waals surface area (Å²) in [6, 6.07) is 7.80. The molecule has 6 nitrogen and oxygen atoms in total. The van der Waals surface area contributed by atoms with Crippen molar-refractivity contribution in [1.29, 1.82) is 0 Å². The number of aliphatic hydroxyl groups excluding tert-OH is 1. The minimum atomic E-state index is -0.415. The fourth-order valence-electron chi connectivity index (χ4n) is 3.21. The summed E-state index contributed by atoms with van der Waals surface area (Å²) >= 11 is 1.63. The van der Waals surface area contributed by atoms with E-state index in [0.29, 0.717) is 26.2 Å². The zero-order valence-electron chi connectivity index (χ0n) is 13.7. The van der Waals surface area contributed by atoms with Gasteiger partial charge < -0.3 is 20.6 Å². The van der Waals surface area contributed by atoms with Gasteiger partial charge in [0.15, 0.2) is 0 Å². The largest absolute Gasteiger partial charge is 0.391 e. The molecule has 3 rings (SSSR count). The minimum Gasteiger partial charge on any atom is -0.391 e. The van der Waals surface area contributed by atoms with Gasteiger partial charge in [-0.1, -0.05) is 6.07 Å². The van der Waals surface area contributed by atoms with Gasteiger partial charge in [0.2, 0.25) is 11.8 Å². The number of aliphatic hydroxyl groups is 1. The summed E-state index contributed by atoms with van der Waals surface area (Å²) < 4.78 is 0. The van der Waals surface area contributed by atoms with Crippen LogP contribution in [0.4, 0.5) is 5.69 Å². The lowest BCUT2D eigenvalue weighted by Gasteiger charge is -2.18. The highest BCUT2D eigenvalue weighted by molar-refractivity contribution is 7.98. The number of nitrogens with zero attached hydrogens (tertiary/aromatic N) is 1. The molecule has 2 aliphatic rings. The van der Waals surface area contributed by atoms with Gasteiger partial charge in [-0.3, -0.25) is 9.59 Å². The topological polar surface area (TPSA) is 81.7 Å². The van der Waals surface area contributed by atoms with Gasteiger partial charge in [-0.05, 0) is 24.5 Å². The highest BCUT2D eigenvalue weighted by Gasteiger charge is 2.35. The van der Waals surface area contributed by atoms with Crippen LogP contribution in [-0.2, 0) is 9.59 Å². The van der Waals surface area contributed by atoms with Gasteiger partial charge in [-0.2, -0.15) is 0 Å². The fraction of sp³-hybridized carbons (Fsp3) is 0.529. The number of amides is 2. The first kappa shape index (κ1) is 17.3. The number of rotatable bonds is 5. The summed E-state index contributed by atoms with van der Waals surface area (Å²) in [5, 5.41) is 15.8. The lowest BCUT2D eigenvalue weighted by atomic mass is 10.0. The van der Waals surface area contributed by atoms with E-state index in [9.17, 15) is 14.7 Å². The van der Waals surface area contributed by atoms with Crippen LogP contribution in [0.2, 0.25) is 0 Å². The molecule has 3 atom stereocenters. The van der Waals surface area contributed by atoms with E-state index in [0.717, 1.165) is 10.6 Å². The van der Waals surface area contributed by atoms with Crippen molar-refractivity contribution in [1.82, 2.24) is 10.6 Å². The van der Waals surface area contributed by atoms with Crippen LogP contribution in [0.1, 0.15) is 6.42 Å². The summed E-state index contributed by atoms with van der Waals surface area (Å²) in [6.45, 7) is 2.13. The molecule has 0 spiro atoms. The predicted molar refractivity (Wildman–Crippen MR) is 94.1 cm³/mol. The molecule has 2 saturated heterocycles. The van der Waals surface area contributed by atoms with Crippen LogP contribution in [-0.4, -0.2) is 55.5 Å². The molecule has 0 aromatic heterocycles. The lowest BCUT2D eigenvalue weighted by Crippen LogP contribution is -2.38. The first-order valence-electron chi connectivity index (χ1n) is 8.19. The van der Waals surface area contributed by atoms with Crippen molar-refractivity contribution in [3.63, 3.8) is 0 Å². The third-order valence-corrected chi connectivity index (χ3v) is 5.43. The Morgan fingerprint density at radius 3 is 3.00 bits per heavy atom. The monoisotopic (exact) mass is 349 g/mol. The van der Waals surface area contributed by atoms with E-state index >= 15 is 0 Å². The molecular formula is C17H23N3O3S. The van der Waals surface area contributed by atoms with E-state index in [1.165, 1.54) is 0 Å². The molecular weight excluding hydrogens is 326 g/mol. The van der Waals surface area contributed by atoms with Gasteiger partial charge in [0.05, 0.1) is 12.0 Å². The maximum absolute atomic E-state index is 12.4. The molecule has 3 unspecified atom stereocenters. The molecule has 1 aromatic carbocycles. The lowest BCUT2D eigenvalue weighted by molar-refractivity contribution is -0.126.